The van der Waals surface area contributed by atoms with Crippen LogP contribution in [0.25, 0.3) is 0 Å². The standard InChI is InChI=1S/C21H33N5O3/c1-3-4-8-18(19(27)22-2)24-20(28)25-12-10-16(11-13-25)26-14-15-7-5-6-9-17(15)23-21(26)29/h5-7,9,16,18-19,22,27H,3-4,8,10-14H2,1-2H3,(H,23,29)(H,24,28)/t18-,19?/m0/s1. The van der Waals surface area contributed by atoms with Crippen LogP contribution in [0.4, 0.5) is 15.3 Å². The first-order valence-electron chi connectivity index (χ1n) is 10.6. The highest BCUT2D eigenvalue weighted by molar-refractivity contribution is 5.92. The Morgan fingerprint density at radius 3 is 2.72 bits per heavy atom. The third-order valence-corrected chi connectivity index (χ3v) is 5.91. The lowest BCUT2D eigenvalue weighted by Gasteiger charge is -2.41. The van der Waals surface area contributed by atoms with Crippen LogP contribution >= 0.6 is 0 Å². The van der Waals surface area contributed by atoms with Crippen molar-refractivity contribution < 1.29 is 14.7 Å². The monoisotopic (exact) mass is 403 g/mol. The summed E-state index contributed by atoms with van der Waals surface area (Å²) in [6, 6.07) is 7.46. The van der Waals surface area contributed by atoms with Crippen LogP contribution in [0.1, 0.15) is 44.6 Å². The van der Waals surface area contributed by atoms with Crippen molar-refractivity contribution in [3.05, 3.63) is 29.8 Å². The van der Waals surface area contributed by atoms with Crippen LogP contribution in [0, 0.1) is 0 Å². The Balaban J connectivity index is 1.53. The third kappa shape index (κ3) is 5.19. The Bertz CT molecular complexity index is 705. The molecule has 1 fully saturated rings. The molecule has 3 rings (SSSR count). The number of urea groups is 2. The number of piperidine rings is 1. The number of carbonyl (C=O) groups is 2. The molecule has 0 aromatic heterocycles. The summed E-state index contributed by atoms with van der Waals surface area (Å²) in [5, 5.41) is 18.9. The van der Waals surface area contributed by atoms with Gasteiger partial charge in [-0.05, 0) is 37.9 Å². The van der Waals surface area contributed by atoms with E-state index in [-0.39, 0.29) is 24.1 Å². The molecule has 8 heteroatoms. The Morgan fingerprint density at radius 2 is 2.03 bits per heavy atom. The molecule has 29 heavy (non-hydrogen) atoms. The molecule has 1 aromatic rings. The number of anilines is 1. The van der Waals surface area contributed by atoms with Gasteiger partial charge in [0.2, 0.25) is 0 Å². The predicted molar refractivity (Wildman–Crippen MR) is 113 cm³/mol. The van der Waals surface area contributed by atoms with Crippen molar-refractivity contribution in [1.29, 1.82) is 0 Å². The van der Waals surface area contributed by atoms with E-state index in [0.29, 0.717) is 19.6 Å². The number of carbonyl (C=O) groups excluding carboxylic acids is 2. The molecular weight excluding hydrogens is 370 g/mol. The largest absolute Gasteiger partial charge is 0.376 e. The van der Waals surface area contributed by atoms with E-state index in [1.54, 1.807) is 11.9 Å². The fourth-order valence-corrected chi connectivity index (χ4v) is 4.08. The summed E-state index contributed by atoms with van der Waals surface area (Å²) in [7, 11) is 1.68. The lowest BCUT2D eigenvalue weighted by molar-refractivity contribution is 0.0895. The molecule has 2 heterocycles. The van der Waals surface area contributed by atoms with Crippen molar-refractivity contribution in [3.8, 4) is 0 Å². The Kier molecular flexibility index (Phi) is 7.33. The van der Waals surface area contributed by atoms with E-state index in [9.17, 15) is 14.7 Å². The van der Waals surface area contributed by atoms with E-state index in [4.69, 9.17) is 0 Å². The van der Waals surface area contributed by atoms with Gasteiger partial charge in [0.05, 0.1) is 6.04 Å². The molecule has 0 spiro atoms. The summed E-state index contributed by atoms with van der Waals surface area (Å²) in [5.74, 6) is 0. The van der Waals surface area contributed by atoms with E-state index in [1.807, 2.05) is 29.2 Å². The SMILES string of the molecule is CCCC[C@H](NC(=O)N1CCC(N2Cc3ccccc3NC2=O)CC1)C(O)NC. The van der Waals surface area contributed by atoms with Crippen LogP contribution in [-0.4, -0.2) is 65.4 Å². The van der Waals surface area contributed by atoms with Crippen molar-refractivity contribution in [3.63, 3.8) is 0 Å². The van der Waals surface area contributed by atoms with E-state index in [0.717, 1.165) is 43.4 Å². The summed E-state index contributed by atoms with van der Waals surface area (Å²) < 4.78 is 0. The Hall–Kier alpha value is -2.32. The number of nitrogens with one attached hydrogen (secondary N) is 3. The molecule has 1 aromatic carbocycles. The van der Waals surface area contributed by atoms with Crippen molar-refractivity contribution in [2.24, 2.45) is 0 Å². The first kappa shape index (κ1) is 21.4. The maximum absolute atomic E-state index is 12.7. The number of likely N-dealkylation sites (N-methyl/N-ethyl adjacent to an activating group) is 1. The number of hydrogen-bond donors (Lipinski definition) is 4. The molecule has 160 valence electrons. The molecule has 0 radical (unpaired) electrons. The quantitative estimate of drug-likeness (QED) is 0.525. The molecule has 2 aliphatic heterocycles. The van der Waals surface area contributed by atoms with E-state index >= 15 is 0 Å². The fourth-order valence-electron chi connectivity index (χ4n) is 4.08. The summed E-state index contributed by atoms with van der Waals surface area (Å²) in [4.78, 5) is 28.9. The number of hydrogen-bond acceptors (Lipinski definition) is 4. The van der Waals surface area contributed by atoms with E-state index in [2.05, 4.69) is 22.9 Å². The Morgan fingerprint density at radius 1 is 1.31 bits per heavy atom. The van der Waals surface area contributed by atoms with Gasteiger partial charge < -0.3 is 25.5 Å². The average molecular weight is 404 g/mol. The zero-order valence-corrected chi connectivity index (χ0v) is 17.4. The van der Waals surface area contributed by atoms with E-state index in [1.165, 1.54) is 0 Å². The number of nitrogens with zero attached hydrogens (tertiary/aromatic N) is 2. The van der Waals surface area contributed by atoms with Gasteiger partial charge in [0.25, 0.3) is 0 Å². The number of amides is 4. The molecule has 4 N–H and O–H groups in total. The maximum Gasteiger partial charge on any atom is 0.322 e. The topological polar surface area (TPSA) is 96.9 Å². The van der Waals surface area contributed by atoms with Crippen LogP contribution in [0.3, 0.4) is 0 Å². The maximum atomic E-state index is 12.7. The highest BCUT2D eigenvalue weighted by Crippen LogP contribution is 2.27. The number of unbranched alkanes of at least 4 members (excludes halogenated alkanes) is 1. The summed E-state index contributed by atoms with van der Waals surface area (Å²) in [6.45, 7) is 3.88. The molecule has 2 aliphatic rings. The molecule has 2 atom stereocenters. The van der Waals surface area contributed by atoms with Crippen LogP contribution in [0.15, 0.2) is 24.3 Å². The number of fused-ring (bicyclic) bond motifs is 1. The second-order valence-corrected chi connectivity index (χ2v) is 7.87. The average Bonchev–Trinajstić information content (AvgIpc) is 2.75. The molecule has 1 saturated heterocycles. The van der Waals surface area contributed by atoms with Gasteiger partial charge in [-0.1, -0.05) is 38.0 Å². The lowest BCUT2D eigenvalue weighted by atomic mass is 10.0. The number of benzene rings is 1. The summed E-state index contributed by atoms with van der Waals surface area (Å²) in [6.07, 6.45) is 3.41. The van der Waals surface area contributed by atoms with Crippen LogP contribution in [0.5, 0.6) is 0 Å². The van der Waals surface area contributed by atoms with Gasteiger partial charge in [0.1, 0.15) is 6.23 Å². The third-order valence-electron chi connectivity index (χ3n) is 5.91. The molecule has 4 amide bonds. The first-order chi connectivity index (χ1) is 14.0. The number of para-hydroxylation sites is 1. The number of likely N-dealkylation sites (tertiary alicyclic amines) is 1. The second-order valence-electron chi connectivity index (χ2n) is 7.87. The van der Waals surface area contributed by atoms with Crippen molar-refractivity contribution in [2.45, 2.75) is 63.9 Å². The van der Waals surface area contributed by atoms with Crippen molar-refractivity contribution in [2.75, 3.05) is 25.5 Å². The highest BCUT2D eigenvalue weighted by Gasteiger charge is 2.33. The second kappa shape index (κ2) is 9.93. The van der Waals surface area contributed by atoms with Crippen LogP contribution < -0.4 is 16.0 Å². The predicted octanol–water partition coefficient (Wildman–Crippen LogP) is 2.30. The summed E-state index contributed by atoms with van der Waals surface area (Å²) >= 11 is 0. The zero-order valence-electron chi connectivity index (χ0n) is 17.4. The smallest absolute Gasteiger partial charge is 0.322 e. The minimum atomic E-state index is -0.764. The molecule has 8 nitrogen and oxygen atoms in total. The van der Waals surface area contributed by atoms with Gasteiger partial charge in [-0.25, -0.2) is 9.59 Å². The van der Waals surface area contributed by atoms with Crippen molar-refractivity contribution in [1.82, 2.24) is 20.4 Å². The van der Waals surface area contributed by atoms with Gasteiger partial charge in [-0.3, -0.25) is 5.32 Å². The molecule has 0 saturated carbocycles. The van der Waals surface area contributed by atoms with Crippen LogP contribution in [-0.2, 0) is 6.54 Å². The van der Waals surface area contributed by atoms with Gasteiger partial charge in [0, 0.05) is 31.4 Å². The first-order valence-corrected chi connectivity index (χ1v) is 10.6. The lowest BCUT2D eigenvalue weighted by Crippen LogP contribution is -2.56. The van der Waals surface area contributed by atoms with Gasteiger partial charge in [-0.15, -0.1) is 0 Å². The minimum Gasteiger partial charge on any atom is -0.376 e. The number of aliphatic hydroxyl groups excluding tert-OH is 1. The Labute approximate surface area is 172 Å². The number of aliphatic hydroxyl groups is 1. The van der Waals surface area contributed by atoms with Gasteiger partial charge in [0.15, 0.2) is 0 Å². The fraction of sp³-hybridized carbons (Fsp3) is 0.619. The molecular formula is C21H33N5O3. The van der Waals surface area contributed by atoms with Crippen molar-refractivity contribution >= 4 is 17.7 Å². The molecule has 0 bridgehead atoms. The van der Waals surface area contributed by atoms with Crippen LogP contribution in [0.2, 0.25) is 0 Å². The van der Waals surface area contributed by atoms with Gasteiger partial charge >= 0.3 is 12.1 Å². The zero-order chi connectivity index (χ0) is 20.8. The van der Waals surface area contributed by atoms with E-state index < -0.39 is 6.23 Å². The minimum absolute atomic E-state index is 0.0663. The molecule has 1 unspecified atom stereocenters. The molecule has 0 aliphatic carbocycles. The van der Waals surface area contributed by atoms with Gasteiger partial charge in [-0.2, -0.15) is 0 Å². The number of rotatable bonds is 7. The normalized spacial score (nSPS) is 19.3. The highest BCUT2D eigenvalue weighted by atomic mass is 16.3. The summed E-state index contributed by atoms with van der Waals surface area (Å²) in [5.41, 5.74) is 2.00.